The number of rotatable bonds is 6. The first-order valence-electron chi connectivity index (χ1n) is 5.91. The van der Waals surface area contributed by atoms with Crippen LogP contribution in [0.3, 0.4) is 0 Å². The van der Waals surface area contributed by atoms with Crippen LogP contribution in [-0.4, -0.2) is 12.1 Å². The fraction of sp³-hybridized carbons (Fsp3) is 0.385. The molecule has 98 valence electrons. The maximum Gasteiger partial charge on any atom is 0.240 e. The molecule has 0 aliphatic rings. The number of carbonyl (C=O) groups excluding carboxylic acids is 1. The number of halogens is 2. The van der Waals surface area contributed by atoms with Crippen molar-refractivity contribution in [2.75, 3.05) is 0 Å². The molecule has 1 N–H and O–H groups in total. The summed E-state index contributed by atoms with van der Waals surface area (Å²) < 4.78 is 0. The highest BCUT2D eigenvalue weighted by atomic mass is 35.5. The van der Waals surface area contributed by atoms with E-state index >= 15 is 0 Å². The molecule has 0 spiro atoms. The highest BCUT2D eigenvalue weighted by Gasteiger charge is 2.02. The Morgan fingerprint density at radius 1 is 1.33 bits per heavy atom. The summed E-state index contributed by atoms with van der Waals surface area (Å²) in [5, 5.41) is 4.86. The smallest absolute Gasteiger partial charge is 0.240 e. The molecule has 0 radical (unpaired) electrons. The molecule has 1 rings (SSSR count). The van der Waals surface area contributed by atoms with Gasteiger partial charge in [-0.2, -0.15) is 5.10 Å². The van der Waals surface area contributed by atoms with Crippen LogP contribution in [-0.2, 0) is 4.79 Å². The van der Waals surface area contributed by atoms with E-state index < -0.39 is 0 Å². The summed E-state index contributed by atoms with van der Waals surface area (Å²) in [6.07, 6.45) is 4.97. The van der Waals surface area contributed by atoms with Gasteiger partial charge in [0.2, 0.25) is 5.91 Å². The molecule has 0 atom stereocenters. The molecule has 0 aliphatic heterocycles. The van der Waals surface area contributed by atoms with Crippen LogP contribution in [0.5, 0.6) is 0 Å². The molecule has 0 heterocycles. The van der Waals surface area contributed by atoms with Crippen LogP contribution in [0.4, 0.5) is 0 Å². The van der Waals surface area contributed by atoms with Gasteiger partial charge in [-0.25, -0.2) is 5.43 Å². The van der Waals surface area contributed by atoms with Gasteiger partial charge in [-0.15, -0.1) is 0 Å². The summed E-state index contributed by atoms with van der Waals surface area (Å²) >= 11 is 11.9. The number of amides is 1. The van der Waals surface area contributed by atoms with Gasteiger partial charge in [-0.3, -0.25) is 4.79 Å². The van der Waals surface area contributed by atoms with Crippen LogP contribution in [0, 0.1) is 0 Å². The number of carbonyl (C=O) groups is 1. The molecule has 0 unspecified atom stereocenters. The van der Waals surface area contributed by atoms with Crippen molar-refractivity contribution in [1.29, 1.82) is 0 Å². The van der Waals surface area contributed by atoms with Gasteiger partial charge in [0.15, 0.2) is 0 Å². The number of hydrogen-bond donors (Lipinski definition) is 1. The Morgan fingerprint density at radius 2 is 2.00 bits per heavy atom. The fourth-order valence-corrected chi connectivity index (χ4v) is 1.89. The topological polar surface area (TPSA) is 41.5 Å². The van der Waals surface area contributed by atoms with Crippen molar-refractivity contribution < 1.29 is 4.79 Å². The van der Waals surface area contributed by atoms with Gasteiger partial charge in [-0.05, 0) is 18.6 Å². The third-order valence-electron chi connectivity index (χ3n) is 2.39. The minimum atomic E-state index is -0.0946. The van der Waals surface area contributed by atoms with Crippen LogP contribution in [0.1, 0.15) is 38.2 Å². The van der Waals surface area contributed by atoms with E-state index in [0.717, 1.165) is 19.3 Å². The third-order valence-corrected chi connectivity index (χ3v) is 3.05. The van der Waals surface area contributed by atoms with Crippen LogP contribution in [0.15, 0.2) is 23.3 Å². The Balaban J connectivity index is 2.47. The number of nitrogens with one attached hydrogen (secondary N) is 1. The minimum Gasteiger partial charge on any atom is -0.273 e. The molecule has 0 aliphatic carbocycles. The first kappa shape index (κ1) is 15.0. The van der Waals surface area contributed by atoms with Gasteiger partial charge in [0.05, 0.1) is 16.3 Å². The lowest BCUT2D eigenvalue weighted by molar-refractivity contribution is -0.121. The molecule has 18 heavy (non-hydrogen) atoms. The summed E-state index contributed by atoms with van der Waals surface area (Å²) in [7, 11) is 0. The Morgan fingerprint density at radius 3 is 2.61 bits per heavy atom. The second-order valence-electron chi connectivity index (χ2n) is 3.89. The normalized spacial score (nSPS) is 10.8. The van der Waals surface area contributed by atoms with Crippen LogP contribution < -0.4 is 5.43 Å². The maximum absolute atomic E-state index is 11.4. The van der Waals surface area contributed by atoms with Crippen molar-refractivity contribution in [3.63, 3.8) is 0 Å². The average Bonchev–Trinajstić information content (AvgIpc) is 2.33. The minimum absolute atomic E-state index is 0.0946. The molecule has 0 fully saturated rings. The SMILES string of the molecule is CCCCCC(=O)N/N=C/c1c(Cl)cccc1Cl. The summed E-state index contributed by atoms with van der Waals surface area (Å²) in [6, 6.07) is 5.20. The van der Waals surface area contributed by atoms with Gasteiger partial charge in [0.1, 0.15) is 0 Å². The van der Waals surface area contributed by atoms with E-state index in [4.69, 9.17) is 23.2 Å². The zero-order valence-corrected chi connectivity index (χ0v) is 11.8. The van der Waals surface area contributed by atoms with Crippen molar-refractivity contribution in [2.24, 2.45) is 5.10 Å². The Bertz CT molecular complexity index is 413. The van der Waals surface area contributed by atoms with Crippen molar-refractivity contribution in [3.05, 3.63) is 33.8 Å². The molecule has 1 aromatic carbocycles. The Labute approximate surface area is 117 Å². The lowest BCUT2D eigenvalue weighted by Crippen LogP contribution is -2.16. The van der Waals surface area contributed by atoms with Crippen molar-refractivity contribution in [3.8, 4) is 0 Å². The monoisotopic (exact) mass is 286 g/mol. The highest BCUT2D eigenvalue weighted by Crippen LogP contribution is 2.21. The lowest BCUT2D eigenvalue weighted by Gasteiger charge is -2.01. The average molecular weight is 287 g/mol. The molecule has 3 nitrogen and oxygen atoms in total. The van der Waals surface area contributed by atoms with E-state index in [0.29, 0.717) is 22.0 Å². The summed E-state index contributed by atoms with van der Waals surface area (Å²) in [6.45, 7) is 2.09. The van der Waals surface area contributed by atoms with Crippen molar-refractivity contribution in [2.45, 2.75) is 32.6 Å². The lowest BCUT2D eigenvalue weighted by atomic mass is 10.2. The predicted molar refractivity (Wildman–Crippen MR) is 76.3 cm³/mol. The standard InChI is InChI=1S/C13H16Cl2N2O/c1-2-3-4-8-13(18)17-16-9-10-11(14)6-5-7-12(10)15/h5-7,9H,2-4,8H2,1H3,(H,17,18)/b16-9+. The molecular formula is C13H16Cl2N2O. The van der Waals surface area contributed by atoms with Gasteiger partial charge < -0.3 is 0 Å². The summed E-state index contributed by atoms with van der Waals surface area (Å²) in [5.41, 5.74) is 3.06. The largest absolute Gasteiger partial charge is 0.273 e. The quantitative estimate of drug-likeness (QED) is 0.479. The molecule has 0 aromatic heterocycles. The van der Waals surface area contributed by atoms with Gasteiger partial charge in [0.25, 0.3) is 0 Å². The van der Waals surface area contributed by atoms with E-state index in [1.807, 2.05) is 0 Å². The molecule has 1 amide bonds. The van der Waals surface area contributed by atoms with E-state index in [9.17, 15) is 4.79 Å². The molecule has 0 saturated carbocycles. The van der Waals surface area contributed by atoms with E-state index in [1.165, 1.54) is 6.21 Å². The Hall–Kier alpha value is -1.06. The van der Waals surface area contributed by atoms with Gasteiger partial charge in [-0.1, -0.05) is 49.0 Å². The number of nitrogens with zero attached hydrogens (tertiary/aromatic N) is 1. The number of hydrazone groups is 1. The molecular weight excluding hydrogens is 271 g/mol. The highest BCUT2D eigenvalue weighted by molar-refractivity contribution is 6.38. The van der Waals surface area contributed by atoms with E-state index in [-0.39, 0.29) is 5.91 Å². The third kappa shape index (κ3) is 5.07. The maximum atomic E-state index is 11.4. The second kappa shape index (κ2) is 8.11. The predicted octanol–water partition coefficient (Wildman–Crippen LogP) is 4.02. The number of unbranched alkanes of at least 4 members (excludes halogenated alkanes) is 2. The second-order valence-corrected chi connectivity index (χ2v) is 4.70. The molecule has 0 bridgehead atoms. The molecule has 0 saturated heterocycles. The van der Waals surface area contributed by atoms with E-state index in [2.05, 4.69) is 17.5 Å². The summed E-state index contributed by atoms with van der Waals surface area (Å²) in [4.78, 5) is 11.4. The van der Waals surface area contributed by atoms with Crippen LogP contribution in [0.25, 0.3) is 0 Å². The number of benzene rings is 1. The van der Waals surface area contributed by atoms with Crippen LogP contribution in [0.2, 0.25) is 10.0 Å². The van der Waals surface area contributed by atoms with Crippen LogP contribution >= 0.6 is 23.2 Å². The fourth-order valence-electron chi connectivity index (χ4n) is 1.39. The van der Waals surface area contributed by atoms with E-state index in [1.54, 1.807) is 18.2 Å². The molecule has 5 heteroatoms. The van der Waals surface area contributed by atoms with Crippen molar-refractivity contribution in [1.82, 2.24) is 5.43 Å². The zero-order valence-electron chi connectivity index (χ0n) is 10.2. The zero-order chi connectivity index (χ0) is 13.4. The van der Waals surface area contributed by atoms with Crippen molar-refractivity contribution >= 4 is 35.3 Å². The summed E-state index contributed by atoms with van der Waals surface area (Å²) in [5.74, 6) is -0.0946. The number of hydrogen-bond acceptors (Lipinski definition) is 2. The first-order valence-corrected chi connectivity index (χ1v) is 6.66. The first-order chi connectivity index (χ1) is 8.65. The van der Waals surface area contributed by atoms with Gasteiger partial charge >= 0.3 is 0 Å². The Kier molecular flexibility index (Phi) is 6.76. The molecule has 1 aromatic rings. The van der Waals surface area contributed by atoms with Gasteiger partial charge in [0, 0.05) is 12.0 Å².